The number of hydrogen-bond donors (Lipinski definition) is 2. The second-order valence-electron chi connectivity index (χ2n) is 5.00. The van der Waals surface area contributed by atoms with E-state index in [-0.39, 0.29) is 17.9 Å². The van der Waals surface area contributed by atoms with Crippen molar-refractivity contribution in [2.45, 2.75) is 31.7 Å². The monoisotopic (exact) mass is 239 g/mol. The second-order valence-corrected chi connectivity index (χ2v) is 5.00. The van der Waals surface area contributed by atoms with Gasteiger partial charge in [-0.3, -0.25) is 19.8 Å². The van der Waals surface area contributed by atoms with Gasteiger partial charge in [-0.1, -0.05) is 0 Å². The lowest BCUT2D eigenvalue weighted by molar-refractivity contribution is -0.126. The molecule has 2 rings (SSSR count). The summed E-state index contributed by atoms with van der Waals surface area (Å²) in [6.45, 7) is 2.95. The van der Waals surface area contributed by atoms with Crippen LogP contribution in [0.25, 0.3) is 0 Å². The van der Waals surface area contributed by atoms with Crippen molar-refractivity contribution in [3.63, 3.8) is 0 Å². The van der Waals surface area contributed by atoms with E-state index in [1.807, 2.05) is 7.05 Å². The topological polar surface area (TPSA) is 61.4 Å². The highest BCUT2D eigenvalue weighted by atomic mass is 16.2. The molecule has 1 atom stereocenters. The SMILES string of the molecule is CNCCC1CCN(C2CC(=O)NC2=O)CC1. The summed E-state index contributed by atoms with van der Waals surface area (Å²) in [5.41, 5.74) is 0. The maximum absolute atomic E-state index is 11.6. The number of nitrogens with zero attached hydrogens (tertiary/aromatic N) is 1. The first-order chi connectivity index (χ1) is 8.20. The number of amides is 2. The molecule has 5 nitrogen and oxygen atoms in total. The molecule has 2 fully saturated rings. The molecule has 2 aliphatic heterocycles. The molecule has 0 aromatic carbocycles. The minimum Gasteiger partial charge on any atom is -0.320 e. The van der Waals surface area contributed by atoms with Crippen molar-refractivity contribution >= 4 is 11.8 Å². The quantitative estimate of drug-likeness (QED) is 0.663. The number of piperidine rings is 1. The Morgan fingerprint density at radius 2 is 2.06 bits per heavy atom. The zero-order valence-corrected chi connectivity index (χ0v) is 10.4. The summed E-state index contributed by atoms with van der Waals surface area (Å²) in [5.74, 6) is 0.528. The summed E-state index contributed by atoms with van der Waals surface area (Å²) in [4.78, 5) is 24.9. The lowest BCUT2D eigenvalue weighted by atomic mass is 9.92. The Balaban J connectivity index is 1.79. The van der Waals surface area contributed by atoms with Gasteiger partial charge in [-0.05, 0) is 51.9 Å². The summed E-state index contributed by atoms with van der Waals surface area (Å²) < 4.78 is 0. The fraction of sp³-hybridized carbons (Fsp3) is 0.833. The maximum Gasteiger partial charge on any atom is 0.244 e. The molecule has 96 valence electrons. The Morgan fingerprint density at radius 1 is 1.35 bits per heavy atom. The molecule has 2 heterocycles. The summed E-state index contributed by atoms with van der Waals surface area (Å²) in [5, 5.41) is 5.55. The summed E-state index contributed by atoms with van der Waals surface area (Å²) in [6, 6.07) is -0.201. The van der Waals surface area contributed by atoms with E-state index in [9.17, 15) is 9.59 Å². The predicted molar refractivity (Wildman–Crippen MR) is 64.4 cm³/mol. The Kier molecular flexibility index (Phi) is 4.12. The highest BCUT2D eigenvalue weighted by molar-refractivity contribution is 6.05. The largest absolute Gasteiger partial charge is 0.320 e. The average molecular weight is 239 g/mol. The third kappa shape index (κ3) is 3.04. The fourth-order valence-corrected chi connectivity index (χ4v) is 2.74. The molecule has 5 heteroatoms. The number of rotatable bonds is 4. The van der Waals surface area contributed by atoms with Crippen LogP contribution in [0.5, 0.6) is 0 Å². The molecule has 0 aliphatic carbocycles. The molecular formula is C12H21N3O2. The Morgan fingerprint density at radius 3 is 2.59 bits per heavy atom. The molecule has 17 heavy (non-hydrogen) atoms. The number of hydrogen-bond acceptors (Lipinski definition) is 4. The van der Waals surface area contributed by atoms with Crippen molar-refractivity contribution in [2.75, 3.05) is 26.7 Å². The highest BCUT2D eigenvalue weighted by Gasteiger charge is 2.36. The number of carbonyl (C=O) groups is 2. The van der Waals surface area contributed by atoms with Crippen LogP contribution in [-0.4, -0.2) is 49.4 Å². The lowest BCUT2D eigenvalue weighted by Gasteiger charge is -2.34. The molecule has 0 bridgehead atoms. The van der Waals surface area contributed by atoms with Gasteiger partial charge >= 0.3 is 0 Å². The molecule has 2 saturated heterocycles. The second kappa shape index (κ2) is 5.60. The highest BCUT2D eigenvalue weighted by Crippen LogP contribution is 2.23. The first-order valence-corrected chi connectivity index (χ1v) is 6.43. The van der Waals surface area contributed by atoms with Gasteiger partial charge in [-0.15, -0.1) is 0 Å². The van der Waals surface area contributed by atoms with Gasteiger partial charge in [0, 0.05) is 0 Å². The predicted octanol–water partition coefficient (Wildman–Crippen LogP) is -0.277. The molecule has 0 aromatic rings. The van der Waals surface area contributed by atoms with Crippen LogP contribution in [0.4, 0.5) is 0 Å². The smallest absolute Gasteiger partial charge is 0.244 e. The first kappa shape index (κ1) is 12.5. The lowest BCUT2D eigenvalue weighted by Crippen LogP contribution is -2.45. The molecule has 0 radical (unpaired) electrons. The van der Waals surface area contributed by atoms with Crippen LogP contribution in [0.3, 0.4) is 0 Å². The van der Waals surface area contributed by atoms with E-state index in [4.69, 9.17) is 0 Å². The van der Waals surface area contributed by atoms with Crippen LogP contribution >= 0.6 is 0 Å². The van der Waals surface area contributed by atoms with Crippen molar-refractivity contribution in [1.82, 2.24) is 15.5 Å². The van der Waals surface area contributed by atoms with Gasteiger partial charge in [0.15, 0.2) is 0 Å². The molecule has 1 unspecified atom stereocenters. The van der Waals surface area contributed by atoms with E-state index in [1.54, 1.807) is 0 Å². The number of nitrogens with one attached hydrogen (secondary N) is 2. The molecule has 0 spiro atoms. The van der Waals surface area contributed by atoms with Crippen molar-refractivity contribution in [3.8, 4) is 0 Å². The number of likely N-dealkylation sites (tertiary alicyclic amines) is 1. The Hall–Kier alpha value is -0.940. The zero-order chi connectivity index (χ0) is 12.3. The van der Waals surface area contributed by atoms with Gasteiger partial charge in [0.05, 0.1) is 12.5 Å². The molecule has 0 aromatic heterocycles. The minimum absolute atomic E-state index is 0.108. The zero-order valence-electron chi connectivity index (χ0n) is 10.4. The summed E-state index contributed by atoms with van der Waals surface area (Å²) in [6.07, 6.45) is 3.83. The summed E-state index contributed by atoms with van der Waals surface area (Å²) in [7, 11) is 1.98. The van der Waals surface area contributed by atoms with Gasteiger partial charge in [0.2, 0.25) is 11.8 Å². The van der Waals surface area contributed by atoms with Crippen molar-refractivity contribution in [1.29, 1.82) is 0 Å². The van der Waals surface area contributed by atoms with Crippen LogP contribution in [0.15, 0.2) is 0 Å². The average Bonchev–Trinajstić information content (AvgIpc) is 2.66. The fourth-order valence-electron chi connectivity index (χ4n) is 2.74. The van der Waals surface area contributed by atoms with Crippen molar-refractivity contribution in [3.05, 3.63) is 0 Å². The van der Waals surface area contributed by atoms with Crippen LogP contribution in [0.1, 0.15) is 25.7 Å². The van der Waals surface area contributed by atoms with Crippen LogP contribution in [0, 0.1) is 5.92 Å². The third-order valence-corrected chi connectivity index (χ3v) is 3.84. The third-order valence-electron chi connectivity index (χ3n) is 3.84. The van der Waals surface area contributed by atoms with Gasteiger partial charge in [0.1, 0.15) is 0 Å². The van der Waals surface area contributed by atoms with Crippen molar-refractivity contribution < 1.29 is 9.59 Å². The molecule has 2 aliphatic rings. The van der Waals surface area contributed by atoms with E-state index in [2.05, 4.69) is 15.5 Å². The van der Waals surface area contributed by atoms with E-state index in [1.165, 1.54) is 6.42 Å². The summed E-state index contributed by atoms with van der Waals surface area (Å²) >= 11 is 0. The Bertz CT molecular complexity index is 298. The van der Waals surface area contributed by atoms with E-state index in [0.717, 1.165) is 38.4 Å². The van der Waals surface area contributed by atoms with Crippen LogP contribution < -0.4 is 10.6 Å². The van der Waals surface area contributed by atoms with E-state index < -0.39 is 0 Å². The van der Waals surface area contributed by atoms with Gasteiger partial charge < -0.3 is 5.32 Å². The van der Waals surface area contributed by atoms with Gasteiger partial charge in [0.25, 0.3) is 0 Å². The number of imide groups is 1. The number of carbonyl (C=O) groups excluding carboxylic acids is 2. The van der Waals surface area contributed by atoms with Crippen molar-refractivity contribution in [2.24, 2.45) is 5.92 Å². The van der Waals surface area contributed by atoms with Gasteiger partial charge in [-0.2, -0.15) is 0 Å². The molecular weight excluding hydrogens is 218 g/mol. The normalized spacial score (nSPS) is 27.5. The molecule has 0 saturated carbocycles. The van der Waals surface area contributed by atoms with Crippen LogP contribution in [-0.2, 0) is 9.59 Å². The maximum atomic E-state index is 11.6. The molecule has 2 N–H and O–H groups in total. The van der Waals surface area contributed by atoms with E-state index >= 15 is 0 Å². The van der Waals surface area contributed by atoms with Crippen LogP contribution in [0.2, 0.25) is 0 Å². The standard InChI is InChI=1S/C12H21N3O2/c1-13-5-2-9-3-6-15(7-4-9)10-8-11(16)14-12(10)17/h9-10,13H,2-8H2,1H3,(H,14,16,17). The minimum atomic E-state index is -0.201. The van der Waals surface area contributed by atoms with Gasteiger partial charge in [-0.25, -0.2) is 0 Å². The Labute approximate surface area is 102 Å². The van der Waals surface area contributed by atoms with E-state index in [0.29, 0.717) is 6.42 Å². The molecule has 2 amide bonds. The first-order valence-electron chi connectivity index (χ1n) is 6.43.